The summed E-state index contributed by atoms with van der Waals surface area (Å²) in [6.07, 6.45) is 10.7. The van der Waals surface area contributed by atoms with Crippen LogP contribution in [0.5, 0.6) is 0 Å². The van der Waals surface area contributed by atoms with Crippen LogP contribution in [0.1, 0.15) is 26.3 Å². The van der Waals surface area contributed by atoms with Gasteiger partial charge in [0, 0.05) is 35.5 Å². The molecule has 0 unspecified atom stereocenters. The van der Waals surface area contributed by atoms with E-state index in [9.17, 15) is 0 Å². The minimum Gasteiger partial charge on any atom is -0.256 e. The second-order valence-electron chi connectivity index (χ2n) is 9.17. The van der Waals surface area contributed by atoms with E-state index in [0.29, 0.717) is 0 Å². The highest BCUT2D eigenvalue weighted by Crippen LogP contribution is 2.30. The fourth-order valence-corrected chi connectivity index (χ4v) is 4.38. The summed E-state index contributed by atoms with van der Waals surface area (Å²) in [7, 11) is -0.0784. The Morgan fingerprint density at radius 2 is 1.45 bits per heavy atom. The standard InChI is InChI=1S/C28H31N2S/c1-28(2,3)24-12-8-21(9-13-24)23-7-6-18-30(20-23)25-16-17-29-27(19-25)22-10-14-26(15-11-22)31(4)5/h6-20,31H,1-5H3/q+1. The van der Waals surface area contributed by atoms with E-state index in [0.717, 1.165) is 16.9 Å². The first kappa shape index (κ1) is 21.3. The molecule has 0 saturated heterocycles. The fourth-order valence-electron chi connectivity index (χ4n) is 3.64. The predicted octanol–water partition coefficient (Wildman–Crippen LogP) is 6.61. The molecule has 0 aliphatic carbocycles. The molecular formula is C28H31N2S+. The number of pyridine rings is 2. The molecule has 0 spiro atoms. The van der Waals surface area contributed by atoms with E-state index in [-0.39, 0.29) is 16.3 Å². The van der Waals surface area contributed by atoms with E-state index < -0.39 is 0 Å². The number of nitrogens with zero attached hydrogens (tertiary/aromatic N) is 2. The second-order valence-corrected chi connectivity index (χ2v) is 11.5. The van der Waals surface area contributed by atoms with Crippen LogP contribution in [0.3, 0.4) is 0 Å². The molecule has 3 heteroatoms. The van der Waals surface area contributed by atoms with Crippen molar-refractivity contribution in [3.8, 4) is 28.1 Å². The van der Waals surface area contributed by atoms with E-state index in [2.05, 4.69) is 128 Å². The van der Waals surface area contributed by atoms with Crippen LogP contribution < -0.4 is 4.57 Å². The summed E-state index contributed by atoms with van der Waals surface area (Å²) in [6.45, 7) is 6.74. The molecule has 0 fully saturated rings. The van der Waals surface area contributed by atoms with Crippen LogP contribution >= 0.6 is 10.9 Å². The van der Waals surface area contributed by atoms with Crippen LogP contribution in [-0.2, 0) is 5.41 Å². The molecule has 2 aromatic carbocycles. The molecule has 2 aromatic heterocycles. The van der Waals surface area contributed by atoms with Crippen molar-refractivity contribution in [2.45, 2.75) is 31.1 Å². The molecule has 31 heavy (non-hydrogen) atoms. The highest BCUT2D eigenvalue weighted by atomic mass is 32.2. The van der Waals surface area contributed by atoms with Gasteiger partial charge in [0.05, 0.1) is 5.69 Å². The minimum atomic E-state index is -0.0784. The first-order valence-electron chi connectivity index (χ1n) is 10.7. The molecule has 0 saturated carbocycles. The number of thiol groups is 1. The summed E-state index contributed by atoms with van der Waals surface area (Å²) in [5.41, 5.74) is 7.19. The lowest BCUT2D eigenvalue weighted by molar-refractivity contribution is -0.595. The van der Waals surface area contributed by atoms with E-state index in [1.54, 1.807) is 0 Å². The molecular weight excluding hydrogens is 396 g/mol. The van der Waals surface area contributed by atoms with Crippen LogP contribution in [0.15, 0.2) is 96.3 Å². The van der Waals surface area contributed by atoms with Crippen molar-refractivity contribution in [2.75, 3.05) is 12.5 Å². The third kappa shape index (κ3) is 4.88. The average Bonchev–Trinajstić information content (AvgIpc) is 2.79. The van der Waals surface area contributed by atoms with E-state index in [4.69, 9.17) is 0 Å². The number of rotatable bonds is 4. The van der Waals surface area contributed by atoms with Gasteiger partial charge < -0.3 is 0 Å². The maximum Gasteiger partial charge on any atom is 0.214 e. The Bertz CT molecular complexity index is 1170. The third-order valence-electron chi connectivity index (χ3n) is 5.61. The quantitative estimate of drug-likeness (QED) is 0.286. The maximum atomic E-state index is 4.61. The monoisotopic (exact) mass is 427 g/mol. The Kier molecular flexibility index (Phi) is 5.97. The van der Waals surface area contributed by atoms with E-state index in [1.807, 2.05) is 6.20 Å². The summed E-state index contributed by atoms with van der Waals surface area (Å²) in [5, 5.41) is 0. The highest BCUT2D eigenvalue weighted by Gasteiger charge is 2.14. The van der Waals surface area contributed by atoms with Crippen LogP contribution in [-0.4, -0.2) is 17.5 Å². The van der Waals surface area contributed by atoms with Gasteiger partial charge in [-0.2, -0.15) is 4.57 Å². The Balaban J connectivity index is 1.64. The van der Waals surface area contributed by atoms with Gasteiger partial charge in [-0.1, -0.05) is 57.2 Å². The summed E-state index contributed by atoms with van der Waals surface area (Å²) in [5.74, 6) is 0. The topological polar surface area (TPSA) is 16.8 Å². The lowest BCUT2D eigenvalue weighted by atomic mass is 9.86. The van der Waals surface area contributed by atoms with Crippen LogP contribution in [0.2, 0.25) is 0 Å². The molecule has 0 atom stereocenters. The molecule has 4 rings (SSSR count). The fraction of sp³-hybridized carbons (Fsp3) is 0.214. The van der Waals surface area contributed by atoms with E-state index >= 15 is 0 Å². The van der Waals surface area contributed by atoms with Gasteiger partial charge in [0.2, 0.25) is 5.69 Å². The molecule has 158 valence electrons. The van der Waals surface area contributed by atoms with Crippen molar-refractivity contribution >= 4 is 10.9 Å². The number of aromatic nitrogens is 2. The zero-order valence-electron chi connectivity index (χ0n) is 19.0. The van der Waals surface area contributed by atoms with Gasteiger partial charge >= 0.3 is 0 Å². The molecule has 0 N–H and O–H groups in total. The first-order valence-corrected chi connectivity index (χ1v) is 12.9. The average molecular weight is 428 g/mol. The van der Waals surface area contributed by atoms with Gasteiger partial charge in [0.1, 0.15) is 0 Å². The van der Waals surface area contributed by atoms with Gasteiger partial charge in [-0.3, -0.25) is 4.98 Å². The Morgan fingerprint density at radius 3 is 2.10 bits per heavy atom. The Hall–Kier alpha value is -2.91. The molecule has 0 bridgehead atoms. The van der Waals surface area contributed by atoms with Gasteiger partial charge in [-0.05, 0) is 52.1 Å². The summed E-state index contributed by atoms with van der Waals surface area (Å²) in [6, 6.07) is 26.2. The molecule has 0 amide bonds. The summed E-state index contributed by atoms with van der Waals surface area (Å²) >= 11 is 0. The Morgan fingerprint density at radius 1 is 0.774 bits per heavy atom. The largest absolute Gasteiger partial charge is 0.256 e. The molecule has 4 aromatic rings. The molecule has 2 nitrogen and oxygen atoms in total. The minimum absolute atomic E-state index is 0.0784. The number of benzene rings is 2. The van der Waals surface area contributed by atoms with Gasteiger partial charge in [0.25, 0.3) is 0 Å². The van der Waals surface area contributed by atoms with Gasteiger partial charge in [-0.25, -0.2) is 10.9 Å². The molecule has 0 radical (unpaired) electrons. The predicted molar refractivity (Wildman–Crippen MR) is 134 cm³/mol. The van der Waals surface area contributed by atoms with Gasteiger partial charge in [-0.15, -0.1) is 0 Å². The maximum absolute atomic E-state index is 4.61. The SMILES string of the molecule is C[SH](C)c1ccc(-c2cc(-[n+]3cccc(-c4ccc(C(C)(C)C)cc4)c3)ccn2)cc1. The van der Waals surface area contributed by atoms with Gasteiger partial charge in [0.15, 0.2) is 12.4 Å². The van der Waals surface area contributed by atoms with Crippen LogP contribution in [0, 0.1) is 0 Å². The van der Waals surface area contributed by atoms with Crippen molar-refractivity contribution in [3.05, 3.63) is 97.0 Å². The second kappa shape index (κ2) is 8.68. The smallest absolute Gasteiger partial charge is 0.214 e. The van der Waals surface area contributed by atoms with Crippen LogP contribution in [0.4, 0.5) is 0 Å². The van der Waals surface area contributed by atoms with E-state index in [1.165, 1.54) is 21.6 Å². The zero-order chi connectivity index (χ0) is 22.0. The highest BCUT2D eigenvalue weighted by molar-refractivity contribution is 8.15. The third-order valence-corrected chi connectivity index (χ3v) is 6.94. The zero-order valence-corrected chi connectivity index (χ0v) is 19.9. The van der Waals surface area contributed by atoms with Crippen LogP contribution in [0.25, 0.3) is 28.1 Å². The van der Waals surface area contributed by atoms with Crippen molar-refractivity contribution in [1.82, 2.24) is 4.98 Å². The van der Waals surface area contributed by atoms with Crippen molar-refractivity contribution < 1.29 is 4.57 Å². The summed E-state index contributed by atoms with van der Waals surface area (Å²) in [4.78, 5) is 6.03. The van der Waals surface area contributed by atoms with Crippen molar-refractivity contribution in [3.63, 3.8) is 0 Å². The molecule has 0 aliphatic rings. The number of hydrogen-bond donors (Lipinski definition) is 1. The lowest BCUT2D eigenvalue weighted by Crippen LogP contribution is -2.29. The first-order chi connectivity index (χ1) is 14.8. The van der Waals surface area contributed by atoms with Crippen molar-refractivity contribution in [2.24, 2.45) is 0 Å². The summed E-state index contributed by atoms with van der Waals surface area (Å²) < 4.78 is 2.17. The molecule has 2 heterocycles. The van der Waals surface area contributed by atoms with Crippen molar-refractivity contribution in [1.29, 1.82) is 0 Å². The molecule has 0 aliphatic heterocycles. The Labute approximate surface area is 189 Å². The lowest BCUT2D eigenvalue weighted by Gasteiger charge is -2.19. The normalized spacial score (nSPS) is 12.0. The number of hydrogen-bond acceptors (Lipinski definition) is 1.